The van der Waals surface area contributed by atoms with E-state index in [2.05, 4.69) is 10.2 Å². The van der Waals surface area contributed by atoms with Gasteiger partial charge in [-0.1, -0.05) is 29.1 Å². The lowest BCUT2D eigenvalue weighted by atomic mass is 10.3. The molecule has 126 valence electrons. The van der Waals surface area contributed by atoms with Crippen LogP contribution in [-0.2, 0) is 4.79 Å². The van der Waals surface area contributed by atoms with E-state index in [0.29, 0.717) is 10.9 Å². The number of nitrogens with zero attached hydrogens (tertiary/aromatic N) is 5. The fraction of sp³-hybridized carbons (Fsp3) is 0.400. The predicted octanol–water partition coefficient (Wildman–Crippen LogP) is 2.41. The summed E-state index contributed by atoms with van der Waals surface area (Å²) in [5.74, 6) is 0.411. The van der Waals surface area contributed by atoms with Crippen LogP contribution < -0.4 is 0 Å². The van der Waals surface area contributed by atoms with E-state index in [9.17, 15) is 4.79 Å². The topological polar surface area (TPSA) is 101 Å². The van der Waals surface area contributed by atoms with Gasteiger partial charge < -0.3 is 4.90 Å². The highest BCUT2D eigenvalue weighted by Crippen LogP contribution is 2.25. The van der Waals surface area contributed by atoms with Gasteiger partial charge in [0.15, 0.2) is 5.16 Å². The molecule has 0 radical (unpaired) electrons. The number of aromatic nitrogens is 2. The number of nitrogens with one attached hydrogen (secondary N) is 2. The Kier molecular flexibility index (Phi) is 4.79. The fourth-order valence-electron chi connectivity index (χ4n) is 2.68. The molecule has 9 heteroatoms. The second kappa shape index (κ2) is 7.00. The molecule has 1 aromatic heterocycles. The number of thioether (sulfide) groups is 1. The zero-order valence-corrected chi connectivity index (χ0v) is 14.2. The van der Waals surface area contributed by atoms with Gasteiger partial charge in [-0.15, -0.1) is 0 Å². The molecule has 1 saturated heterocycles. The minimum Gasteiger partial charge on any atom is -0.342 e. The van der Waals surface area contributed by atoms with Crippen molar-refractivity contribution in [1.29, 1.82) is 10.9 Å². The Morgan fingerprint density at radius 1 is 1.38 bits per heavy atom. The van der Waals surface area contributed by atoms with Gasteiger partial charge in [0.2, 0.25) is 11.9 Å². The summed E-state index contributed by atoms with van der Waals surface area (Å²) in [7, 11) is 1.54. The molecular formula is C15H19N7OS. The zero-order chi connectivity index (χ0) is 17.1. The van der Waals surface area contributed by atoms with E-state index in [1.54, 1.807) is 4.57 Å². The van der Waals surface area contributed by atoms with E-state index >= 15 is 0 Å². The number of imidazole rings is 1. The Morgan fingerprint density at radius 2 is 2.08 bits per heavy atom. The second-order valence-electron chi connectivity index (χ2n) is 5.54. The maximum atomic E-state index is 12.3. The highest BCUT2D eigenvalue weighted by molar-refractivity contribution is 7.99. The number of fused-ring (bicyclic) bond motifs is 1. The quantitative estimate of drug-likeness (QED) is 0.292. The molecule has 1 fully saturated rings. The average molecular weight is 345 g/mol. The van der Waals surface area contributed by atoms with E-state index in [1.165, 1.54) is 18.8 Å². The maximum Gasteiger partial charge on any atom is 0.233 e. The van der Waals surface area contributed by atoms with Crippen molar-refractivity contribution in [2.75, 3.05) is 25.9 Å². The molecular weight excluding hydrogens is 326 g/mol. The summed E-state index contributed by atoms with van der Waals surface area (Å²) in [6.45, 7) is 1.65. The van der Waals surface area contributed by atoms with Crippen LogP contribution in [0.5, 0.6) is 0 Å². The lowest BCUT2D eigenvalue weighted by Gasteiger charge is -2.17. The minimum absolute atomic E-state index is 0.0230. The first-order valence-electron chi connectivity index (χ1n) is 7.70. The maximum absolute atomic E-state index is 12.3. The number of benzene rings is 1. The van der Waals surface area contributed by atoms with Crippen LogP contribution in [0.25, 0.3) is 11.0 Å². The normalized spacial score (nSPS) is 14.1. The standard InChI is InChI=1S/C15H19N7OS/c1-20(19-17)14(16)22-12-7-3-2-6-11(12)18-15(22)24-10-13(23)21-8-4-5-9-21/h2-3,6-7,16-17H,4-5,8-10H2,1H3. The molecule has 0 bridgehead atoms. The van der Waals surface area contributed by atoms with Gasteiger partial charge in [-0.2, -0.15) is 5.53 Å². The number of hydrogen-bond acceptors (Lipinski definition) is 6. The Labute approximate surface area is 143 Å². The Balaban J connectivity index is 1.87. The molecule has 0 unspecified atom stereocenters. The van der Waals surface area contributed by atoms with Crippen LogP contribution in [0.3, 0.4) is 0 Å². The van der Waals surface area contributed by atoms with Gasteiger partial charge in [0.25, 0.3) is 0 Å². The van der Waals surface area contributed by atoms with Crippen molar-refractivity contribution in [2.45, 2.75) is 18.0 Å². The van der Waals surface area contributed by atoms with Gasteiger partial charge in [-0.05, 0) is 25.0 Å². The molecule has 1 aliphatic heterocycles. The molecule has 0 atom stereocenters. The molecule has 2 heterocycles. The van der Waals surface area contributed by atoms with Crippen molar-refractivity contribution in [2.24, 2.45) is 5.22 Å². The highest BCUT2D eigenvalue weighted by Gasteiger charge is 2.21. The van der Waals surface area contributed by atoms with E-state index in [0.717, 1.165) is 42.0 Å². The van der Waals surface area contributed by atoms with Gasteiger partial charge >= 0.3 is 0 Å². The molecule has 2 N–H and O–H groups in total. The van der Waals surface area contributed by atoms with Crippen LogP contribution in [0.15, 0.2) is 34.6 Å². The van der Waals surface area contributed by atoms with Crippen LogP contribution >= 0.6 is 11.8 Å². The van der Waals surface area contributed by atoms with E-state index in [-0.39, 0.29) is 11.9 Å². The van der Waals surface area contributed by atoms with E-state index in [1.807, 2.05) is 29.2 Å². The van der Waals surface area contributed by atoms with Gasteiger partial charge in [0.1, 0.15) is 0 Å². The second-order valence-corrected chi connectivity index (χ2v) is 6.48. The third kappa shape index (κ3) is 3.12. The van der Waals surface area contributed by atoms with Crippen molar-refractivity contribution in [3.8, 4) is 0 Å². The highest BCUT2D eigenvalue weighted by atomic mass is 32.2. The van der Waals surface area contributed by atoms with Crippen LogP contribution in [-0.4, -0.2) is 57.2 Å². The fourth-order valence-corrected chi connectivity index (χ4v) is 3.59. The molecule has 0 aliphatic carbocycles. The predicted molar refractivity (Wildman–Crippen MR) is 92.3 cm³/mol. The molecule has 8 nitrogen and oxygen atoms in total. The first-order chi connectivity index (χ1) is 11.6. The van der Waals surface area contributed by atoms with Crippen LogP contribution in [0.4, 0.5) is 0 Å². The number of hydrogen-bond donors (Lipinski definition) is 2. The van der Waals surface area contributed by atoms with Crippen molar-refractivity contribution in [3.63, 3.8) is 0 Å². The van der Waals surface area contributed by atoms with Crippen molar-refractivity contribution < 1.29 is 4.79 Å². The number of likely N-dealkylation sites (tertiary alicyclic amines) is 1. The molecule has 1 aliphatic rings. The van der Waals surface area contributed by atoms with Crippen molar-refractivity contribution >= 4 is 34.7 Å². The summed E-state index contributed by atoms with van der Waals surface area (Å²) in [5.41, 5.74) is 8.62. The molecule has 3 rings (SSSR count). The third-order valence-corrected chi connectivity index (χ3v) is 4.91. The molecule has 1 aromatic carbocycles. The van der Waals surface area contributed by atoms with Gasteiger partial charge in [-0.3, -0.25) is 14.8 Å². The lowest BCUT2D eigenvalue weighted by Crippen LogP contribution is -2.30. The SMILES string of the molecule is CN(N=N)C(=N)n1c(SCC(=O)N2CCCC2)nc2ccccc21. The molecule has 2 aromatic rings. The Bertz CT molecular complexity index is 781. The zero-order valence-electron chi connectivity index (χ0n) is 13.4. The average Bonchev–Trinajstić information content (AvgIpc) is 3.25. The monoisotopic (exact) mass is 345 g/mol. The number of carbonyl (C=O) groups is 1. The van der Waals surface area contributed by atoms with Gasteiger partial charge in [-0.25, -0.2) is 9.99 Å². The summed E-state index contributed by atoms with van der Waals surface area (Å²) < 4.78 is 1.62. The first-order valence-corrected chi connectivity index (χ1v) is 8.68. The summed E-state index contributed by atoms with van der Waals surface area (Å²) in [6.07, 6.45) is 2.13. The molecule has 0 saturated carbocycles. The first kappa shape index (κ1) is 16.4. The lowest BCUT2D eigenvalue weighted by molar-refractivity contribution is -0.127. The molecule has 24 heavy (non-hydrogen) atoms. The molecule has 1 amide bonds. The van der Waals surface area contributed by atoms with Crippen LogP contribution in [0.2, 0.25) is 0 Å². The number of rotatable bonds is 4. The summed E-state index contributed by atoms with van der Waals surface area (Å²) in [4.78, 5) is 18.7. The number of amides is 1. The number of carbonyl (C=O) groups excluding carboxylic acids is 1. The largest absolute Gasteiger partial charge is 0.342 e. The van der Waals surface area contributed by atoms with Gasteiger partial charge in [0.05, 0.1) is 16.8 Å². The molecule has 0 spiro atoms. The Morgan fingerprint density at radius 3 is 2.79 bits per heavy atom. The smallest absolute Gasteiger partial charge is 0.233 e. The summed E-state index contributed by atoms with van der Waals surface area (Å²) >= 11 is 1.31. The van der Waals surface area contributed by atoms with Crippen molar-refractivity contribution in [1.82, 2.24) is 19.5 Å². The summed E-state index contributed by atoms with van der Waals surface area (Å²) in [6, 6.07) is 7.48. The van der Waals surface area contributed by atoms with E-state index in [4.69, 9.17) is 10.9 Å². The van der Waals surface area contributed by atoms with Gasteiger partial charge in [0, 0.05) is 20.1 Å². The summed E-state index contributed by atoms with van der Waals surface area (Å²) in [5, 5.41) is 13.2. The third-order valence-electron chi connectivity index (χ3n) is 3.98. The number of para-hydroxylation sites is 2. The van der Waals surface area contributed by atoms with Crippen LogP contribution in [0.1, 0.15) is 12.8 Å². The minimum atomic E-state index is 0.0230. The Hall–Kier alpha value is -2.42. The van der Waals surface area contributed by atoms with Crippen LogP contribution in [0, 0.1) is 10.9 Å². The van der Waals surface area contributed by atoms with E-state index < -0.39 is 0 Å². The van der Waals surface area contributed by atoms with Crippen molar-refractivity contribution in [3.05, 3.63) is 24.3 Å².